The van der Waals surface area contributed by atoms with Crippen molar-refractivity contribution in [3.63, 3.8) is 0 Å². The van der Waals surface area contributed by atoms with E-state index in [9.17, 15) is 13.2 Å². The van der Waals surface area contributed by atoms with Crippen molar-refractivity contribution >= 4 is 15.9 Å². The van der Waals surface area contributed by atoms with Gasteiger partial charge in [-0.15, -0.1) is 0 Å². The van der Waals surface area contributed by atoms with Crippen molar-refractivity contribution in [3.05, 3.63) is 30.3 Å². The molecule has 2 saturated heterocycles. The third-order valence-electron chi connectivity index (χ3n) is 4.76. The van der Waals surface area contributed by atoms with Crippen LogP contribution in [-0.2, 0) is 14.8 Å². The van der Waals surface area contributed by atoms with Gasteiger partial charge in [-0.3, -0.25) is 4.79 Å². The first-order chi connectivity index (χ1) is 11.1. The minimum Gasteiger partial charge on any atom is -0.341 e. The van der Waals surface area contributed by atoms with Crippen LogP contribution in [0.15, 0.2) is 35.2 Å². The predicted octanol–water partition coefficient (Wildman–Crippen LogP) is 2.24. The molecule has 0 bridgehead atoms. The summed E-state index contributed by atoms with van der Waals surface area (Å²) < 4.78 is 27.3. The number of sulfonamides is 1. The summed E-state index contributed by atoms with van der Waals surface area (Å²) in [4.78, 5) is 15.0. The van der Waals surface area contributed by atoms with E-state index >= 15 is 0 Å². The Morgan fingerprint density at radius 3 is 2.26 bits per heavy atom. The number of hydrogen-bond donors (Lipinski definition) is 0. The van der Waals surface area contributed by atoms with Crippen LogP contribution in [0, 0.1) is 0 Å². The molecule has 1 atom stereocenters. The van der Waals surface area contributed by atoms with Crippen LogP contribution in [0.4, 0.5) is 0 Å². The molecule has 5 nitrogen and oxygen atoms in total. The van der Waals surface area contributed by atoms with E-state index in [0.717, 1.165) is 45.2 Å². The van der Waals surface area contributed by atoms with E-state index in [0.29, 0.717) is 13.0 Å². The van der Waals surface area contributed by atoms with E-state index in [1.54, 1.807) is 30.3 Å². The largest absolute Gasteiger partial charge is 0.341 e. The van der Waals surface area contributed by atoms with Crippen molar-refractivity contribution in [2.24, 2.45) is 0 Å². The Morgan fingerprint density at radius 2 is 1.57 bits per heavy atom. The molecule has 3 rings (SSSR count). The lowest BCUT2D eigenvalue weighted by Gasteiger charge is -2.38. The molecule has 1 amide bonds. The van der Waals surface area contributed by atoms with E-state index in [-0.39, 0.29) is 10.8 Å². The number of rotatable bonds is 3. The van der Waals surface area contributed by atoms with Gasteiger partial charge in [0.05, 0.1) is 4.90 Å². The number of benzene rings is 1. The van der Waals surface area contributed by atoms with Crippen LogP contribution >= 0.6 is 0 Å². The van der Waals surface area contributed by atoms with Gasteiger partial charge < -0.3 is 4.90 Å². The second-order valence-electron chi connectivity index (χ2n) is 6.33. The zero-order valence-electron chi connectivity index (χ0n) is 13.4. The van der Waals surface area contributed by atoms with Gasteiger partial charge in [0.15, 0.2) is 0 Å². The Balaban J connectivity index is 1.85. The van der Waals surface area contributed by atoms with Gasteiger partial charge in [0, 0.05) is 19.6 Å². The zero-order chi connectivity index (χ0) is 16.3. The fourth-order valence-corrected chi connectivity index (χ4v) is 5.16. The lowest BCUT2D eigenvalue weighted by atomic mass is 10.0. The van der Waals surface area contributed by atoms with E-state index in [1.807, 2.05) is 4.90 Å². The number of piperidine rings is 2. The summed E-state index contributed by atoms with van der Waals surface area (Å²) in [6, 6.07) is 7.91. The van der Waals surface area contributed by atoms with Crippen molar-refractivity contribution < 1.29 is 13.2 Å². The molecular formula is C17H24N2O3S. The first-order valence-corrected chi connectivity index (χ1v) is 9.90. The molecule has 2 heterocycles. The van der Waals surface area contributed by atoms with Crippen molar-refractivity contribution in [2.75, 3.05) is 19.6 Å². The highest BCUT2D eigenvalue weighted by molar-refractivity contribution is 7.89. The van der Waals surface area contributed by atoms with Crippen LogP contribution in [0.3, 0.4) is 0 Å². The quantitative estimate of drug-likeness (QED) is 0.850. The number of likely N-dealkylation sites (tertiary alicyclic amines) is 1. The molecule has 1 aromatic rings. The maximum atomic E-state index is 12.9. The number of nitrogens with zero attached hydrogens (tertiary/aromatic N) is 2. The van der Waals surface area contributed by atoms with Crippen LogP contribution in [0.25, 0.3) is 0 Å². The molecule has 1 aromatic carbocycles. The summed E-state index contributed by atoms with van der Waals surface area (Å²) in [5.41, 5.74) is 0. The molecular weight excluding hydrogens is 312 g/mol. The number of hydrogen-bond acceptors (Lipinski definition) is 3. The van der Waals surface area contributed by atoms with Crippen molar-refractivity contribution in [3.8, 4) is 0 Å². The van der Waals surface area contributed by atoms with Crippen molar-refractivity contribution in [1.29, 1.82) is 0 Å². The normalized spacial score (nSPS) is 23.7. The van der Waals surface area contributed by atoms with Gasteiger partial charge in [0.1, 0.15) is 6.04 Å². The molecule has 0 unspecified atom stereocenters. The molecule has 0 aliphatic carbocycles. The van der Waals surface area contributed by atoms with Gasteiger partial charge >= 0.3 is 0 Å². The average molecular weight is 336 g/mol. The van der Waals surface area contributed by atoms with E-state index in [2.05, 4.69) is 0 Å². The van der Waals surface area contributed by atoms with Gasteiger partial charge in [-0.2, -0.15) is 4.31 Å². The Bertz CT molecular complexity index is 639. The first-order valence-electron chi connectivity index (χ1n) is 8.46. The second-order valence-corrected chi connectivity index (χ2v) is 8.22. The van der Waals surface area contributed by atoms with E-state index in [4.69, 9.17) is 0 Å². The summed E-state index contributed by atoms with van der Waals surface area (Å²) in [5.74, 6) is -0.0103. The van der Waals surface area contributed by atoms with Gasteiger partial charge in [-0.25, -0.2) is 8.42 Å². The fourth-order valence-electron chi connectivity index (χ4n) is 3.49. The molecule has 0 saturated carbocycles. The van der Waals surface area contributed by atoms with Crippen LogP contribution in [-0.4, -0.2) is 49.2 Å². The topological polar surface area (TPSA) is 57.7 Å². The van der Waals surface area contributed by atoms with E-state index in [1.165, 1.54) is 4.31 Å². The van der Waals surface area contributed by atoms with Gasteiger partial charge in [-0.05, 0) is 44.2 Å². The van der Waals surface area contributed by atoms with Gasteiger partial charge in [0.25, 0.3) is 0 Å². The van der Waals surface area contributed by atoms with Crippen LogP contribution in [0.1, 0.15) is 38.5 Å². The molecule has 2 fully saturated rings. The van der Waals surface area contributed by atoms with E-state index < -0.39 is 16.1 Å². The minimum absolute atomic E-state index is 0.0103. The Hall–Kier alpha value is -1.40. The maximum Gasteiger partial charge on any atom is 0.243 e. The molecule has 0 radical (unpaired) electrons. The highest BCUT2D eigenvalue weighted by atomic mass is 32.2. The molecule has 2 aliphatic heterocycles. The molecule has 0 spiro atoms. The molecule has 2 aliphatic rings. The lowest BCUT2D eigenvalue weighted by molar-refractivity contribution is -0.137. The third-order valence-corrected chi connectivity index (χ3v) is 6.68. The van der Waals surface area contributed by atoms with Crippen LogP contribution < -0.4 is 0 Å². The Labute approximate surface area is 138 Å². The highest BCUT2D eigenvalue weighted by Crippen LogP contribution is 2.27. The second kappa shape index (κ2) is 7.01. The molecule has 0 N–H and O–H groups in total. The monoisotopic (exact) mass is 336 g/mol. The smallest absolute Gasteiger partial charge is 0.243 e. The minimum atomic E-state index is -3.61. The van der Waals surface area contributed by atoms with Crippen LogP contribution in [0.5, 0.6) is 0 Å². The van der Waals surface area contributed by atoms with Crippen molar-refractivity contribution in [1.82, 2.24) is 9.21 Å². The average Bonchev–Trinajstić information content (AvgIpc) is 2.62. The molecule has 6 heteroatoms. The standard InChI is InChI=1S/C17H24N2O3S/c20-17(18-12-6-2-7-13-18)16-11-5-8-14-19(16)23(21,22)15-9-3-1-4-10-15/h1,3-4,9-10,16H,2,5-8,11-14H2/t16-/m0/s1. The zero-order valence-corrected chi connectivity index (χ0v) is 14.2. The predicted molar refractivity (Wildman–Crippen MR) is 88.4 cm³/mol. The Kier molecular flexibility index (Phi) is 5.02. The molecule has 0 aromatic heterocycles. The fraction of sp³-hybridized carbons (Fsp3) is 0.588. The summed E-state index contributed by atoms with van der Waals surface area (Å²) >= 11 is 0. The van der Waals surface area contributed by atoms with Crippen LogP contribution in [0.2, 0.25) is 0 Å². The molecule has 23 heavy (non-hydrogen) atoms. The Morgan fingerprint density at radius 1 is 0.913 bits per heavy atom. The van der Waals surface area contributed by atoms with Gasteiger partial charge in [-0.1, -0.05) is 24.6 Å². The highest BCUT2D eigenvalue weighted by Gasteiger charge is 2.39. The maximum absolute atomic E-state index is 12.9. The number of amides is 1. The first kappa shape index (κ1) is 16.5. The summed E-state index contributed by atoms with van der Waals surface area (Å²) in [6.07, 6.45) is 5.54. The van der Waals surface area contributed by atoms with Crippen molar-refractivity contribution in [2.45, 2.75) is 49.5 Å². The lowest BCUT2D eigenvalue weighted by Crippen LogP contribution is -2.53. The van der Waals surface area contributed by atoms with Gasteiger partial charge in [0.2, 0.25) is 15.9 Å². The third kappa shape index (κ3) is 3.43. The SMILES string of the molecule is O=C([C@@H]1CCCCN1S(=O)(=O)c1ccccc1)N1CCCCC1. The summed E-state index contributed by atoms with van der Waals surface area (Å²) in [7, 11) is -3.61. The number of carbonyl (C=O) groups is 1. The number of carbonyl (C=O) groups excluding carboxylic acids is 1. The molecule has 126 valence electrons. The summed E-state index contributed by atoms with van der Waals surface area (Å²) in [6.45, 7) is 1.95. The summed E-state index contributed by atoms with van der Waals surface area (Å²) in [5, 5.41) is 0.